The lowest BCUT2D eigenvalue weighted by Crippen LogP contribution is -2.08. The van der Waals surface area contributed by atoms with Gasteiger partial charge in [-0.2, -0.15) is 0 Å². The lowest BCUT2D eigenvalue weighted by Gasteiger charge is -2.07. The van der Waals surface area contributed by atoms with Crippen molar-refractivity contribution in [1.82, 2.24) is 0 Å². The third kappa shape index (κ3) is 1.50. The van der Waals surface area contributed by atoms with Gasteiger partial charge in [-0.3, -0.25) is 0 Å². The Kier molecular flexibility index (Phi) is 2.44. The molecule has 0 spiro atoms. The molecule has 0 amide bonds. The molecular weight excluding hydrogens is 253 g/mol. The van der Waals surface area contributed by atoms with Gasteiger partial charge in [-0.15, -0.1) is 0 Å². The van der Waals surface area contributed by atoms with E-state index in [-0.39, 0.29) is 6.04 Å². The van der Waals surface area contributed by atoms with Crippen LogP contribution in [0, 0.1) is 6.92 Å². The summed E-state index contributed by atoms with van der Waals surface area (Å²) < 4.78 is 0. The Balaban J connectivity index is 2.37. The molecule has 2 N–H and O–H groups in total. The van der Waals surface area contributed by atoms with Crippen LogP contribution in [-0.4, -0.2) is 0 Å². The highest BCUT2D eigenvalue weighted by atomic mass is 35.5. The molecule has 0 saturated heterocycles. The molecule has 2 aromatic carbocycles. The third-order valence-electron chi connectivity index (χ3n) is 3.27. The minimum absolute atomic E-state index is 0.102. The lowest BCUT2D eigenvalue weighted by atomic mass is 10.0. The van der Waals surface area contributed by atoms with Crippen LogP contribution >= 0.6 is 23.2 Å². The Morgan fingerprint density at radius 3 is 2.59 bits per heavy atom. The second-order valence-corrected chi connectivity index (χ2v) is 5.18. The fraction of sp³-hybridized carbons (Fsp3) is 0.143. The van der Waals surface area contributed by atoms with E-state index >= 15 is 0 Å². The average Bonchev–Trinajstić information content (AvgIpc) is 2.58. The summed E-state index contributed by atoms with van der Waals surface area (Å²) in [5.41, 5.74) is 11.7. The number of aryl methyl sites for hydroxylation is 1. The third-order valence-corrected chi connectivity index (χ3v) is 4.08. The quantitative estimate of drug-likeness (QED) is 0.753. The van der Waals surface area contributed by atoms with Crippen LogP contribution in [0.3, 0.4) is 0 Å². The van der Waals surface area contributed by atoms with Crippen LogP contribution in [0.25, 0.3) is 11.1 Å². The highest BCUT2D eigenvalue weighted by molar-refractivity contribution is 6.44. The summed E-state index contributed by atoms with van der Waals surface area (Å²) in [6.45, 7) is 2.06. The number of benzene rings is 2. The zero-order valence-electron chi connectivity index (χ0n) is 9.30. The van der Waals surface area contributed by atoms with Gasteiger partial charge in [0.25, 0.3) is 0 Å². The average molecular weight is 264 g/mol. The van der Waals surface area contributed by atoms with E-state index in [0.29, 0.717) is 10.0 Å². The molecule has 17 heavy (non-hydrogen) atoms. The predicted molar refractivity (Wildman–Crippen MR) is 72.7 cm³/mol. The van der Waals surface area contributed by atoms with E-state index in [2.05, 4.69) is 25.1 Å². The van der Waals surface area contributed by atoms with E-state index in [0.717, 1.165) is 22.3 Å². The summed E-state index contributed by atoms with van der Waals surface area (Å²) in [6, 6.07) is 9.92. The first-order valence-electron chi connectivity index (χ1n) is 5.44. The molecule has 86 valence electrons. The molecule has 0 saturated carbocycles. The van der Waals surface area contributed by atoms with Gasteiger partial charge in [0.05, 0.1) is 16.1 Å². The van der Waals surface area contributed by atoms with E-state index in [1.165, 1.54) is 5.56 Å². The summed E-state index contributed by atoms with van der Waals surface area (Å²) in [6.07, 6.45) is 0. The van der Waals surface area contributed by atoms with Crippen LogP contribution in [0.1, 0.15) is 22.7 Å². The summed E-state index contributed by atoms with van der Waals surface area (Å²) in [4.78, 5) is 0. The molecule has 0 fully saturated rings. The number of fused-ring (bicyclic) bond motifs is 3. The van der Waals surface area contributed by atoms with Crippen LogP contribution in [-0.2, 0) is 0 Å². The molecular formula is C14H11Cl2N. The highest BCUT2D eigenvalue weighted by Crippen LogP contribution is 2.47. The number of hydrogen-bond acceptors (Lipinski definition) is 1. The van der Waals surface area contributed by atoms with Crippen LogP contribution in [0.15, 0.2) is 30.3 Å². The van der Waals surface area contributed by atoms with Gasteiger partial charge < -0.3 is 5.73 Å². The Morgan fingerprint density at radius 1 is 1.06 bits per heavy atom. The maximum absolute atomic E-state index is 6.28. The zero-order chi connectivity index (χ0) is 12.2. The van der Waals surface area contributed by atoms with Crippen LogP contribution < -0.4 is 5.73 Å². The number of nitrogens with two attached hydrogens (primary N) is 1. The van der Waals surface area contributed by atoms with Crippen molar-refractivity contribution in [3.8, 4) is 11.1 Å². The normalized spacial score (nSPS) is 16.8. The Morgan fingerprint density at radius 2 is 1.82 bits per heavy atom. The van der Waals surface area contributed by atoms with Crippen molar-refractivity contribution in [3.05, 3.63) is 57.1 Å². The maximum atomic E-state index is 6.28. The molecule has 3 rings (SSSR count). The Labute approximate surface area is 110 Å². The largest absolute Gasteiger partial charge is 0.320 e. The SMILES string of the molecule is Cc1ccc2c(c1)C(N)c1ccc(Cl)c(Cl)c1-2. The van der Waals surface area contributed by atoms with Crippen LogP contribution in [0.4, 0.5) is 0 Å². The Bertz CT molecular complexity index is 620. The molecule has 1 nitrogen and oxygen atoms in total. The van der Waals surface area contributed by atoms with Gasteiger partial charge in [0.1, 0.15) is 0 Å². The number of halogens is 2. The summed E-state index contributed by atoms with van der Waals surface area (Å²) in [5.74, 6) is 0. The molecule has 0 heterocycles. The molecule has 0 aromatic heterocycles. The van der Waals surface area contributed by atoms with Crippen molar-refractivity contribution in [2.75, 3.05) is 0 Å². The van der Waals surface area contributed by atoms with E-state index in [4.69, 9.17) is 28.9 Å². The molecule has 0 bridgehead atoms. The summed E-state index contributed by atoms with van der Waals surface area (Å²) in [5, 5.41) is 1.17. The van der Waals surface area contributed by atoms with Crippen molar-refractivity contribution in [2.24, 2.45) is 5.73 Å². The monoisotopic (exact) mass is 263 g/mol. The molecule has 1 atom stereocenters. The van der Waals surface area contributed by atoms with Crippen molar-refractivity contribution in [3.63, 3.8) is 0 Å². The second kappa shape index (κ2) is 3.74. The van der Waals surface area contributed by atoms with Gasteiger partial charge >= 0.3 is 0 Å². The fourth-order valence-corrected chi connectivity index (χ4v) is 2.86. The molecule has 2 aromatic rings. The second-order valence-electron chi connectivity index (χ2n) is 4.39. The van der Waals surface area contributed by atoms with Crippen molar-refractivity contribution in [2.45, 2.75) is 13.0 Å². The molecule has 1 aliphatic rings. The molecule has 0 aliphatic heterocycles. The summed E-state index contributed by atoms with van der Waals surface area (Å²) in [7, 11) is 0. The van der Waals surface area contributed by atoms with E-state index < -0.39 is 0 Å². The first kappa shape index (κ1) is 11.1. The van der Waals surface area contributed by atoms with E-state index in [9.17, 15) is 0 Å². The van der Waals surface area contributed by atoms with Crippen LogP contribution in [0.5, 0.6) is 0 Å². The topological polar surface area (TPSA) is 26.0 Å². The van der Waals surface area contributed by atoms with E-state index in [1.54, 1.807) is 6.07 Å². The predicted octanol–water partition coefficient (Wildman–Crippen LogP) is 4.33. The van der Waals surface area contributed by atoms with Gasteiger partial charge in [0.15, 0.2) is 0 Å². The van der Waals surface area contributed by atoms with Gasteiger partial charge in [-0.05, 0) is 29.7 Å². The first-order chi connectivity index (χ1) is 8.09. The minimum atomic E-state index is -0.102. The van der Waals surface area contributed by atoms with Crippen molar-refractivity contribution >= 4 is 23.2 Å². The number of hydrogen-bond donors (Lipinski definition) is 1. The fourth-order valence-electron chi connectivity index (χ4n) is 2.43. The molecule has 0 radical (unpaired) electrons. The molecule has 3 heteroatoms. The smallest absolute Gasteiger partial charge is 0.0674 e. The lowest BCUT2D eigenvalue weighted by molar-refractivity contribution is 0.899. The van der Waals surface area contributed by atoms with Gasteiger partial charge in [0, 0.05) is 5.56 Å². The van der Waals surface area contributed by atoms with Gasteiger partial charge in [-0.1, -0.05) is 53.0 Å². The Hall–Kier alpha value is -1.02. The highest BCUT2D eigenvalue weighted by Gasteiger charge is 2.28. The van der Waals surface area contributed by atoms with Gasteiger partial charge in [-0.25, -0.2) is 0 Å². The van der Waals surface area contributed by atoms with E-state index in [1.807, 2.05) is 6.07 Å². The maximum Gasteiger partial charge on any atom is 0.0674 e. The zero-order valence-corrected chi connectivity index (χ0v) is 10.8. The van der Waals surface area contributed by atoms with Crippen molar-refractivity contribution in [1.29, 1.82) is 0 Å². The minimum Gasteiger partial charge on any atom is -0.320 e. The van der Waals surface area contributed by atoms with Crippen molar-refractivity contribution < 1.29 is 0 Å². The van der Waals surface area contributed by atoms with Crippen LogP contribution in [0.2, 0.25) is 10.0 Å². The van der Waals surface area contributed by atoms with Gasteiger partial charge in [0.2, 0.25) is 0 Å². The standard InChI is InChI=1S/C14H11Cl2N/c1-7-2-3-8-10(6-7)14(17)9-4-5-11(15)13(16)12(8)9/h2-6,14H,17H2,1H3. The first-order valence-corrected chi connectivity index (χ1v) is 6.19. The number of rotatable bonds is 0. The molecule has 1 aliphatic carbocycles. The molecule has 1 unspecified atom stereocenters. The summed E-state index contributed by atoms with van der Waals surface area (Å²) >= 11 is 12.3.